The summed E-state index contributed by atoms with van der Waals surface area (Å²) < 4.78 is 7.23. The summed E-state index contributed by atoms with van der Waals surface area (Å²) in [5.41, 5.74) is 12.0. The lowest BCUT2D eigenvalue weighted by Crippen LogP contribution is -2.09. The van der Waals surface area contributed by atoms with E-state index in [9.17, 15) is 4.79 Å². The molecule has 2 aromatic heterocycles. The van der Waals surface area contributed by atoms with Gasteiger partial charge in [-0.05, 0) is 23.3 Å². The van der Waals surface area contributed by atoms with Gasteiger partial charge in [0, 0.05) is 30.8 Å². The molecule has 0 bridgehead atoms. The molecule has 6 heteroatoms. The van der Waals surface area contributed by atoms with E-state index in [4.69, 9.17) is 10.2 Å². The van der Waals surface area contributed by atoms with Gasteiger partial charge in [0.25, 0.3) is 0 Å². The van der Waals surface area contributed by atoms with Crippen LogP contribution in [0.1, 0.15) is 22.5 Å². The topological polar surface area (TPSA) is 89.8 Å². The third-order valence-corrected chi connectivity index (χ3v) is 4.48. The molecule has 136 valence electrons. The van der Waals surface area contributed by atoms with E-state index >= 15 is 0 Å². The number of oxazole rings is 1. The number of rotatable bonds is 6. The highest BCUT2D eigenvalue weighted by Gasteiger charge is 2.13. The molecule has 4 rings (SSSR count). The van der Waals surface area contributed by atoms with E-state index in [0.29, 0.717) is 29.8 Å². The van der Waals surface area contributed by atoms with Gasteiger partial charge in [-0.2, -0.15) is 0 Å². The zero-order chi connectivity index (χ0) is 18.8. The minimum atomic E-state index is -0.449. The van der Waals surface area contributed by atoms with E-state index in [2.05, 4.69) is 33.2 Å². The van der Waals surface area contributed by atoms with E-state index in [-0.39, 0.29) is 0 Å². The fourth-order valence-electron chi connectivity index (χ4n) is 3.23. The van der Waals surface area contributed by atoms with Crippen molar-refractivity contribution >= 4 is 11.1 Å². The number of H-pyrrole nitrogens is 1. The van der Waals surface area contributed by atoms with Crippen molar-refractivity contribution in [3.05, 3.63) is 100 Å². The predicted octanol–water partition coefficient (Wildman–Crippen LogP) is 2.97. The van der Waals surface area contributed by atoms with Crippen LogP contribution in [0.15, 0.2) is 76.3 Å². The molecule has 6 nitrogen and oxygen atoms in total. The van der Waals surface area contributed by atoms with Crippen LogP contribution in [-0.4, -0.2) is 14.5 Å². The van der Waals surface area contributed by atoms with Crippen LogP contribution >= 0.6 is 0 Å². The number of hydrogen-bond donors (Lipinski definition) is 2. The Labute approximate surface area is 156 Å². The molecule has 0 saturated heterocycles. The third kappa shape index (κ3) is 3.69. The van der Waals surface area contributed by atoms with Crippen molar-refractivity contribution < 1.29 is 4.42 Å². The minimum absolute atomic E-state index is 0.449. The molecule has 0 aliphatic heterocycles. The van der Waals surface area contributed by atoms with Crippen molar-refractivity contribution in [1.29, 1.82) is 0 Å². The fourth-order valence-corrected chi connectivity index (χ4v) is 3.23. The Bertz CT molecular complexity index is 1150. The number of nitrogens with one attached hydrogen (secondary N) is 1. The number of aromatic amines is 1. The first kappa shape index (κ1) is 16.9. The van der Waals surface area contributed by atoms with Crippen LogP contribution in [-0.2, 0) is 19.4 Å². The van der Waals surface area contributed by atoms with Crippen LogP contribution in [0.2, 0.25) is 0 Å². The standard InChI is InChI=1S/C21H20N4O2/c1-14(22)9-19-18(10-15-5-3-2-4-6-15)23-13-25(19)12-16-7-8-17-20(11-16)27-21(26)24-17/h2-8,11,13H,1,9-10,12,22H2,(H,24,26). The molecular weight excluding hydrogens is 340 g/mol. The van der Waals surface area contributed by atoms with Crippen LogP contribution in [0.5, 0.6) is 0 Å². The average Bonchev–Trinajstić information content (AvgIpc) is 3.18. The number of nitrogens with zero attached hydrogens (tertiary/aromatic N) is 2. The maximum Gasteiger partial charge on any atom is 0.417 e. The average molecular weight is 360 g/mol. The lowest BCUT2D eigenvalue weighted by atomic mass is 10.1. The molecular formula is C21H20N4O2. The molecule has 0 atom stereocenters. The number of benzene rings is 2. The molecule has 4 aromatic rings. The van der Waals surface area contributed by atoms with Crippen LogP contribution in [0.4, 0.5) is 0 Å². The molecule has 27 heavy (non-hydrogen) atoms. The van der Waals surface area contributed by atoms with Gasteiger partial charge < -0.3 is 14.7 Å². The van der Waals surface area contributed by atoms with Gasteiger partial charge in [0.15, 0.2) is 5.58 Å². The SMILES string of the molecule is C=C(N)Cc1c(Cc2ccccc2)ncn1Cc1ccc2[nH]c(=O)oc2c1. The van der Waals surface area contributed by atoms with Crippen molar-refractivity contribution in [2.24, 2.45) is 5.73 Å². The Kier molecular flexibility index (Phi) is 4.38. The predicted molar refractivity (Wildman–Crippen MR) is 104 cm³/mol. The van der Waals surface area contributed by atoms with Gasteiger partial charge in [0.1, 0.15) is 0 Å². The van der Waals surface area contributed by atoms with Gasteiger partial charge in [-0.3, -0.25) is 4.98 Å². The van der Waals surface area contributed by atoms with E-state index < -0.39 is 5.76 Å². The van der Waals surface area contributed by atoms with Gasteiger partial charge in [-0.25, -0.2) is 9.78 Å². The summed E-state index contributed by atoms with van der Waals surface area (Å²) in [6.45, 7) is 4.46. The summed E-state index contributed by atoms with van der Waals surface area (Å²) in [6.07, 6.45) is 3.12. The highest BCUT2D eigenvalue weighted by Crippen LogP contribution is 2.19. The highest BCUT2D eigenvalue weighted by atomic mass is 16.4. The second kappa shape index (κ2) is 6.99. The summed E-state index contributed by atoms with van der Waals surface area (Å²) in [7, 11) is 0. The monoisotopic (exact) mass is 360 g/mol. The molecule has 2 heterocycles. The van der Waals surface area contributed by atoms with E-state index in [0.717, 1.165) is 23.4 Å². The maximum absolute atomic E-state index is 11.3. The summed E-state index contributed by atoms with van der Waals surface area (Å²) in [5, 5.41) is 0. The number of allylic oxidation sites excluding steroid dienone is 1. The minimum Gasteiger partial charge on any atom is -0.408 e. The van der Waals surface area contributed by atoms with Crippen molar-refractivity contribution in [3.63, 3.8) is 0 Å². The molecule has 0 radical (unpaired) electrons. The first-order chi connectivity index (χ1) is 13.1. The van der Waals surface area contributed by atoms with Crippen LogP contribution in [0, 0.1) is 0 Å². The second-order valence-corrected chi connectivity index (χ2v) is 6.61. The summed E-state index contributed by atoms with van der Waals surface area (Å²) in [6, 6.07) is 15.9. The molecule has 3 N–H and O–H groups in total. The van der Waals surface area contributed by atoms with Crippen molar-refractivity contribution in [3.8, 4) is 0 Å². The smallest absolute Gasteiger partial charge is 0.408 e. The Morgan fingerprint density at radius 3 is 2.78 bits per heavy atom. The van der Waals surface area contributed by atoms with Crippen molar-refractivity contribution in [1.82, 2.24) is 14.5 Å². The first-order valence-electron chi connectivity index (χ1n) is 8.70. The van der Waals surface area contributed by atoms with Gasteiger partial charge in [-0.1, -0.05) is 43.0 Å². The first-order valence-corrected chi connectivity index (χ1v) is 8.70. The van der Waals surface area contributed by atoms with E-state index in [1.54, 1.807) is 0 Å². The van der Waals surface area contributed by atoms with Crippen molar-refractivity contribution in [2.75, 3.05) is 0 Å². The van der Waals surface area contributed by atoms with Crippen LogP contribution < -0.4 is 11.5 Å². The summed E-state index contributed by atoms with van der Waals surface area (Å²) in [5.74, 6) is -0.449. The lowest BCUT2D eigenvalue weighted by Gasteiger charge is -2.11. The Hall–Kier alpha value is -3.54. The molecule has 0 aliphatic rings. The quantitative estimate of drug-likeness (QED) is 0.553. The molecule has 0 fully saturated rings. The largest absolute Gasteiger partial charge is 0.417 e. The van der Waals surface area contributed by atoms with E-state index in [1.807, 2.05) is 42.7 Å². The van der Waals surface area contributed by atoms with Gasteiger partial charge in [0.2, 0.25) is 0 Å². The second-order valence-electron chi connectivity index (χ2n) is 6.61. The molecule has 2 aromatic carbocycles. The Balaban J connectivity index is 1.66. The highest BCUT2D eigenvalue weighted by molar-refractivity contribution is 5.72. The molecule has 0 aliphatic carbocycles. The number of aromatic nitrogens is 3. The number of fused-ring (bicyclic) bond motifs is 1. The van der Waals surface area contributed by atoms with Crippen LogP contribution in [0.3, 0.4) is 0 Å². The molecule has 0 unspecified atom stereocenters. The molecule has 0 spiro atoms. The molecule has 0 saturated carbocycles. The van der Waals surface area contributed by atoms with E-state index in [1.165, 1.54) is 5.56 Å². The third-order valence-electron chi connectivity index (χ3n) is 4.48. The summed E-state index contributed by atoms with van der Waals surface area (Å²) >= 11 is 0. The lowest BCUT2D eigenvalue weighted by molar-refractivity contribution is 0.555. The number of nitrogens with two attached hydrogens (primary N) is 1. The Morgan fingerprint density at radius 1 is 1.19 bits per heavy atom. The van der Waals surface area contributed by atoms with Gasteiger partial charge in [0.05, 0.1) is 17.5 Å². The zero-order valence-electron chi connectivity index (χ0n) is 14.8. The van der Waals surface area contributed by atoms with Crippen molar-refractivity contribution in [2.45, 2.75) is 19.4 Å². The Morgan fingerprint density at radius 2 is 2.00 bits per heavy atom. The fraction of sp³-hybridized carbons (Fsp3) is 0.143. The zero-order valence-corrected chi connectivity index (χ0v) is 14.8. The molecule has 0 amide bonds. The normalized spacial score (nSPS) is 11.1. The number of imidazole rings is 1. The number of hydrogen-bond acceptors (Lipinski definition) is 4. The summed E-state index contributed by atoms with van der Waals surface area (Å²) in [4.78, 5) is 18.6. The van der Waals surface area contributed by atoms with Crippen LogP contribution in [0.25, 0.3) is 11.1 Å². The van der Waals surface area contributed by atoms with Gasteiger partial charge in [-0.15, -0.1) is 0 Å². The maximum atomic E-state index is 11.3. The van der Waals surface area contributed by atoms with Gasteiger partial charge >= 0.3 is 5.76 Å².